The Labute approximate surface area is 128 Å². The second-order valence-electron chi connectivity index (χ2n) is 6.03. The molecule has 1 aliphatic rings. The third-order valence-electron chi connectivity index (χ3n) is 4.18. The summed E-state index contributed by atoms with van der Waals surface area (Å²) in [6.45, 7) is 4.70. The number of likely N-dealkylation sites (tertiary alicyclic amines) is 1. The first kappa shape index (κ1) is 15.8. The molecule has 0 atom stereocenters. The summed E-state index contributed by atoms with van der Waals surface area (Å²) >= 11 is 0. The molecule has 1 fully saturated rings. The van der Waals surface area contributed by atoms with E-state index < -0.39 is 0 Å². The van der Waals surface area contributed by atoms with Crippen LogP contribution in [-0.2, 0) is 11.2 Å². The Bertz CT molecular complexity index is 448. The first-order valence-corrected chi connectivity index (χ1v) is 7.86. The fourth-order valence-corrected chi connectivity index (χ4v) is 2.64. The second-order valence-corrected chi connectivity index (χ2v) is 6.03. The largest absolute Gasteiger partial charge is 0.382 e. The van der Waals surface area contributed by atoms with Gasteiger partial charge in [-0.3, -0.25) is 9.69 Å². The summed E-state index contributed by atoms with van der Waals surface area (Å²) < 4.78 is 0. The van der Waals surface area contributed by atoms with Crippen molar-refractivity contribution >= 4 is 11.6 Å². The summed E-state index contributed by atoms with van der Waals surface area (Å²) in [5.41, 5.74) is 2.58. The summed E-state index contributed by atoms with van der Waals surface area (Å²) in [6.07, 6.45) is 3.27. The van der Waals surface area contributed by atoms with Crippen LogP contribution in [0.25, 0.3) is 0 Å². The molecule has 0 unspecified atom stereocenters. The lowest BCUT2D eigenvalue weighted by molar-refractivity contribution is -0.130. The van der Waals surface area contributed by atoms with Crippen molar-refractivity contribution in [2.45, 2.75) is 32.2 Å². The Morgan fingerprint density at radius 1 is 1.24 bits per heavy atom. The fraction of sp³-hybridized carbons (Fsp3) is 0.588. The SMILES string of the molecule is CCc1ccc(NC2CCN(CC(=O)N(C)C)CC2)cc1. The first-order valence-electron chi connectivity index (χ1n) is 7.86. The van der Waals surface area contributed by atoms with Gasteiger partial charge in [0.25, 0.3) is 0 Å². The smallest absolute Gasteiger partial charge is 0.236 e. The van der Waals surface area contributed by atoms with Crippen LogP contribution in [0.1, 0.15) is 25.3 Å². The zero-order valence-electron chi connectivity index (χ0n) is 13.4. The van der Waals surface area contributed by atoms with Gasteiger partial charge in [-0.25, -0.2) is 0 Å². The zero-order valence-corrected chi connectivity index (χ0v) is 13.4. The number of carbonyl (C=O) groups excluding carboxylic acids is 1. The molecule has 1 N–H and O–H groups in total. The zero-order chi connectivity index (χ0) is 15.2. The average Bonchev–Trinajstić information content (AvgIpc) is 2.50. The van der Waals surface area contributed by atoms with Gasteiger partial charge in [-0.2, -0.15) is 0 Å². The minimum atomic E-state index is 0.191. The number of anilines is 1. The number of piperidine rings is 1. The highest BCUT2D eigenvalue weighted by Gasteiger charge is 2.21. The number of benzene rings is 1. The summed E-state index contributed by atoms with van der Waals surface area (Å²) in [5, 5.41) is 3.61. The highest BCUT2D eigenvalue weighted by molar-refractivity contribution is 5.77. The van der Waals surface area contributed by atoms with Gasteiger partial charge in [0.05, 0.1) is 6.54 Å². The minimum Gasteiger partial charge on any atom is -0.382 e. The quantitative estimate of drug-likeness (QED) is 0.903. The summed E-state index contributed by atoms with van der Waals surface area (Å²) in [5.74, 6) is 0.191. The maximum Gasteiger partial charge on any atom is 0.236 e. The summed E-state index contributed by atoms with van der Waals surface area (Å²) in [7, 11) is 3.63. The molecule has 0 bridgehead atoms. The van der Waals surface area contributed by atoms with Gasteiger partial charge in [-0.1, -0.05) is 19.1 Å². The van der Waals surface area contributed by atoms with Crippen molar-refractivity contribution in [3.05, 3.63) is 29.8 Å². The molecule has 4 nitrogen and oxygen atoms in total. The van der Waals surface area contributed by atoms with Gasteiger partial charge in [0.2, 0.25) is 5.91 Å². The lowest BCUT2D eigenvalue weighted by atomic mass is 10.0. The van der Waals surface area contributed by atoms with E-state index in [0.717, 1.165) is 32.4 Å². The van der Waals surface area contributed by atoms with Crippen molar-refractivity contribution in [2.24, 2.45) is 0 Å². The number of nitrogens with one attached hydrogen (secondary N) is 1. The Kier molecular flexibility index (Phi) is 5.62. The Hall–Kier alpha value is -1.55. The van der Waals surface area contributed by atoms with Crippen LogP contribution in [0.15, 0.2) is 24.3 Å². The predicted molar refractivity (Wildman–Crippen MR) is 87.6 cm³/mol. The van der Waals surface area contributed by atoms with Crippen LogP contribution < -0.4 is 5.32 Å². The maximum atomic E-state index is 11.7. The molecule has 0 aromatic heterocycles. The van der Waals surface area contributed by atoms with Gasteiger partial charge in [-0.15, -0.1) is 0 Å². The number of carbonyl (C=O) groups is 1. The molecule has 0 spiro atoms. The predicted octanol–water partition coefficient (Wildman–Crippen LogP) is 2.21. The third-order valence-corrected chi connectivity index (χ3v) is 4.18. The van der Waals surface area contributed by atoms with Crippen molar-refractivity contribution in [3.8, 4) is 0 Å². The van der Waals surface area contributed by atoms with Gasteiger partial charge < -0.3 is 10.2 Å². The number of rotatable bonds is 5. The normalized spacial score (nSPS) is 16.7. The van der Waals surface area contributed by atoms with E-state index >= 15 is 0 Å². The molecule has 2 rings (SSSR count). The lowest BCUT2D eigenvalue weighted by Crippen LogP contribution is -2.43. The van der Waals surface area contributed by atoms with E-state index in [-0.39, 0.29) is 5.91 Å². The van der Waals surface area contributed by atoms with E-state index in [1.54, 1.807) is 4.90 Å². The molecule has 1 aliphatic heterocycles. The van der Waals surface area contributed by atoms with Gasteiger partial charge in [0, 0.05) is 38.9 Å². The molecule has 1 aromatic rings. The molecule has 1 aromatic carbocycles. The summed E-state index contributed by atoms with van der Waals surface area (Å²) in [4.78, 5) is 15.6. The monoisotopic (exact) mass is 289 g/mol. The molecular weight excluding hydrogens is 262 g/mol. The first-order chi connectivity index (χ1) is 10.1. The highest BCUT2D eigenvalue weighted by Crippen LogP contribution is 2.17. The van der Waals surface area contributed by atoms with Crippen molar-refractivity contribution in [3.63, 3.8) is 0 Å². The molecule has 116 valence electrons. The number of likely N-dealkylation sites (N-methyl/N-ethyl adjacent to an activating group) is 1. The van der Waals surface area contributed by atoms with E-state index in [4.69, 9.17) is 0 Å². The second kappa shape index (κ2) is 7.46. The Morgan fingerprint density at radius 3 is 2.38 bits per heavy atom. The number of aryl methyl sites for hydroxylation is 1. The number of hydrogen-bond acceptors (Lipinski definition) is 3. The van der Waals surface area contributed by atoms with Gasteiger partial charge in [0.1, 0.15) is 0 Å². The van der Waals surface area contributed by atoms with Crippen LogP contribution in [-0.4, -0.2) is 55.5 Å². The molecule has 0 aliphatic carbocycles. The van der Waals surface area contributed by atoms with Crippen LogP contribution in [0.5, 0.6) is 0 Å². The number of nitrogens with zero attached hydrogens (tertiary/aromatic N) is 2. The van der Waals surface area contributed by atoms with Crippen molar-refractivity contribution in [1.29, 1.82) is 0 Å². The van der Waals surface area contributed by atoms with Crippen molar-refractivity contribution in [2.75, 3.05) is 39.0 Å². The van der Waals surface area contributed by atoms with Gasteiger partial charge in [0.15, 0.2) is 0 Å². The van der Waals surface area contributed by atoms with Crippen LogP contribution >= 0.6 is 0 Å². The molecule has 1 heterocycles. The Balaban J connectivity index is 1.77. The highest BCUT2D eigenvalue weighted by atomic mass is 16.2. The minimum absolute atomic E-state index is 0.191. The van der Waals surface area contributed by atoms with Gasteiger partial charge >= 0.3 is 0 Å². The summed E-state index contributed by atoms with van der Waals surface area (Å²) in [6, 6.07) is 9.23. The lowest BCUT2D eigenvalue weighted by Gasteiger charge is -2.33. The maximum absolute atomic E-state index is 11.7. The fourth-order valence-electron chi connectivity index (χ4n) is 2.64. The molecular formula is C17H27N3O. The van der Waals surface area contributed by atoms with E-state index in [9.17, 15) is 4.79 Å². The van der Waals surface area contributed by atoms with Crippen LogP contribution in [0.2, 0.25) is 0 Å². The van der Waals surface area contributed by atoms with Crippen molar-refractivity contribution in [1.82, 2.24) is 9.80 Å². The van der Waals surface area contributed by atoms with E-state index in [2.05, 4.69) is 41.4 Å². The van der Waals surface area contributed by atoms with Crippen LogP contribution in [0.3, 0.4) is 0 Å². The standard InChI is InChI=1S/C17H27N3O/c1-4-14-5-7-15(8-6-14)18-16-9-11-20(12-10-16)13-17(21)19(2)3/h5-8,16,18H,4,9-13H2,1-3H3. The third kappa shape index (κ3) is 4.74. The molecule has 0 saturated carbocycles. The molecule has 0 radical (unpaired) electrons. The van der Waals surface area contributed by atoms with E-state index in [1.807, 2.05) is 14.1 Å². The molecule has 1 amide bonds. The van der Waals surface area contributed by atoms with E-state index in [0.29, 0.717) is 12.6 Å². The van der Waals surface area contributed by atoms with Gasteiger partial charge in [-0.05, 0) is 37.0 Å². The van der Waals surface area contributed by atoms with Crippen molar-refractivity contribution < 1.29 is 4.79 Å². The average molecular weight is 289 g/mol. The molecule has 21 heavy (non-hydrogen) atoms. The van der Waals surface area contributed by atoms with Crippen LogP contribution in [0, 0.1) is 0 Å². The number of amides is 1. The van der Waals surface area contributed by atoms with E-state index in [1.165, 1.54) is 11.3 Å². The van der Waals surface area contributed by atoms with Crippen LogP contribution in [0.4, 0.5) is 5.69 Å². The number of hydrogen-bond donors (Lipinski definition) is 1. The molecule has 1 saturated heterocycles. The Morgan fingerprint density at radius 2 is 1.86 bits per heavy atom. The molecule has 4 heteroatoms. The topological polar surface area (TPSA) is 35.6 Å².